The van der Waals surface area contributed by atoms with Crippen LogP contribution in [0.25, 0.3) is 0 Å². The number of anilines is 1. The third-order valence-electron chi connectivity index (χ3n) is 6.74. The molecule has 0 radical (unpaired) electrons. The molecule has 0 bridgehead atoms. The summed E-state index contributed by atoms with van der Waals surface area (Å²) in [6, 6.07) is 22.4. The van der Waals surface area contributed by atoms with Crippen molar-refractivity contribution in [3.63, 3.8) is 0 Å². The van der Waals surface area contributed by atoms with Gasteiger partial charge < -0.3 is 29.5 Å². The standard InChI is InChI=1S/C35H32Cl2N2O8/c1-3-16-46-33-29(36)18-25(19-30(33)37)35(44)47-28-14-6-23(7-15-28)20-39(21-32(41)42)34(43)24-8-10-26(11-9-24)38-31(40)17-22-4-12-27(45-2)13-5-22/h4-15,18-19H,3,16-17,20-21H2,1-2H3,(H,38,40)(H,41,42). The van der Waals surface area contributed by atoms with E-state index < -0.39 is 24.4 Å². The van der Waals surface area contributed by atoms with Crippen molar-refractivity contribution in [3.05, 3.63) is 117 Å². The smallest absolute Gasteiger partial charge is 0.343 e. The molecule has 47 heavy (non-hydrogen) atoms. The molecular weight excluding hydrogens is 647 g/mol. The molecule has 0 fully saturated rings. The van der Waals surface area contributed by atoms with Gasteiger partial charge in [0.2, 0.25) is 5.91 Å². The lowest BCUT2D eigenvalue weighted by Crippen LogP contribution is -2.35. The van der Waals surface area contributed by atoms with Crippen molar-refractivity contribution in [1.29, 1.82) is 0 Å². The average Bonchev–Trinajstić information content (AvgIpc) is 3.05. The number of carbonyl (C=O) groups excluding carboxylic acids is 3. The lowest BCUT2D eigenvalue weighted by Gasteiger charge is -2.21. The van der Waals surface area contributed by atoms with Gasteiger partial charge in [0.05, 0.1) is 35.7 Å². The summed E-state index contributed by atoms with van der Waals surface area (Å²) in [6.07, 6.45) is 0.912. The molecule has 2 N–H and O–H groups in total. The summed E-state index contributed by atoms with van der Waals surface area (Å²) in [5.74, 6) is -1.42. The van der Waals surface area contributed by atoms with Crippen LogP contribution in [0.4, 0.5) is 5.69 Å². The topological polar surface area (TPSA) is 131 Å². The number of carboxylic acid groups (broad SMARTS) is 1. The van der Waals surface area contributed by atoms with Gasteiger partial charge in [-0.05, 0) is 78.2 Å². The Labute approximate surface area is 281 Å². The number of rotatable bonds is 14. The van der Waals surface area contributed by atoms with Crippen LogP contribution in [-0.2, 0) is 22.6 Å². The van der Waals surface area contributed by atoms with Crippen molar-refractivity contribution in [2.45, 2.75) is 26.3 Å². The van der Waals surface area contributed by atoms with Crippen LogP contribution in [0.5, 0.6) is 17.2 Å². The molecule has 0 aliphatic heterocycles. The van der Waals surface area contributed by atoms with Gasteiger partial charge in [-0.1, -0.05) is 54.4 Å². The fourth-order valence-corrected chi connectivity index (χ4v) is 5.04. The normalized spacial score (nSPS) is 10.6. The number of ether oxygens (including phenoxy) is 3. The van der Waals surface area contributed by atoms with Gasteiger partial charge in [-0.15, -0.1) is 0 Å². The Hall–Kier alpha value is -5.06. The molecule has 10 nitrogen and oxygen atoms in total. The molecule has 4 aromatic carbocycles. The molecule has 4 rings (SSSR count). The number of methoxy groups -OCH3 is 1. The molecular formula is C35H32Cl2N2O8. The van der Waals surface area contributed by atoms with E-state index in [0.717, 1.165) is 12.0 Å². The minimum absolute atomic E-state index is 0.0237. The number of benzene rings is 4. The molecule has 2 amide bonds. The molecule has 0 atom stereocenters. The number of aliphatic carboxylic acids is 1. The number of amides is 2. The Morgan fingerprint density at radius 1 is 0.809 bits per heavy atom. The van der Waals surface area contributed by atoms with Gasteiger partial charge in [-0.2, -0.15) is 0 Å². The minimum Gasteiger partial charge on any atom is -0.497 e. The van der Waals surface area contributed by atoms with Crippen molar-refractivity contribution < 1.29 is 38.5 Å². The number of hydrogen-bond donors (Lipinski definition) is 2. The molecule has 0 heterocycles. The van der Waals surface area contributed by atoms with Crippen molar-refractivity contribution in [2.75, 3.05) is 25.6 Å². The Balaban J connectivity index is 1.37. The van der Waals surface area contributed by atoms with E-state index in [0.29, 0.717) is 29.4 Å². The second-order valence-electron chi connectivity index (χ2n) is 10.4. The molecule has 244 valence electrons. The summed E-state index contributed by atoms with van der Waals surface area (Å²) in [5.41, 5.74) is 2.27. The fraction of sp³-hybridized carbons (Fsp3) is 0.200. The first kappa shape index (κ1) is 34.8. The van der Waals surface area contributed by atoms with Crippen LogP contribution in [0.3, 0.4) is 0 Å². The highest BCUT2D eigenvalue weighted by Crippen LogP contribution is 2.34. The number of carbonyl (C=O) groups is 4. The van der Waals surface area contributed by atoms with E-state index in [-0.39, 0.29) is 45.8 Å². The molecule has 12 heteroatoms. The van der Waals surface area contributed by atoms with E-state index in [1.807, 2.05) is 6.92 Å². The van der Waals surface area contributed by atoms with Crippen LogP contribution >= 0.6 is 23.2 Å². The van der Waals surface area contributed by atoms with Crippen LogP contribution in [0.2, 0.25) is 10.0 Å². The molecule has 0 aliphatic rings. The maximum Gasteiger partial charge on any atom is 0.343 e. The Morgan fingerprint density at radius 2 is 1.40 bits per heavy atom. The molecule has 0 aliphatic carbocycles. The maximum absolute atomic E-state index is 13.3. The third kappa shape index (κ3) is 9.96. The first-order valence-corrected chi connectivity index (χ1v) is 15.3. The number of carboxylic acids is 1. The summed E-state index contributed by atoms with van der Waals surface area (Å²) in [4.78, 5) is 51.3. The van der Waals surface area contributed by atoms with Crippen LogP contribution in [0.1, 0.15) is 45.2 Å². The van der Waals surface area contributed by atoms with Crippen LogP contribution < -0.4 is 19.5 Å². The second kappa shape index (κ2) is 16.5. The van der Waals surface area contributed by atoms with E-state index in [2.05, 4.69) is 5.32 Å². The predicted octanol–water partition coefficient (Wildman–Crippen LogP) is 6.92. The summed E-state index contributed by atoms with van der Waals surface area (Å²) < 4.78 is 16.1. The van der Waals surface area contributed by atoms with Crippen molar-refractivity contribution >= 4 is 52.6 Å². The summed E-state index contributed by atoms with van der Waals surface area (Å²) in [5, 5.41) is 12.6. The molecule has 0 saturated heterocycles. The van der Waals surface area contributed by atoms with Gasteiger partial charge in [0, 0.05) is 17.8 Å². The SMILES string of the molecule is CCCOc1c(Cl)cc(C(=O)Oc2ccc(CN(CC(=O)O)C(=O)c3ccc(NC(=O)Cc4ccc(OC)cc4)cc3)cc2)cc1Cl. The molecule has 0 unspecified atom stereocenters. The minimum atomic E-state index is -1.19. The largest absolute Gasteiger partial charge is 0.497 e. The van der Waals surface area contributed by atoms with Gasteiger partial charge in [-0.25, -0.2) is 4.79 Å². The molecule has 0 aromatic heterocycles. The first-order valence-electron chi connectivity index (χ1n) is 14.5. The summed E-state index contributed by atoms with van der Waals surface area (Å²) in [6.45, 7) is 1.79. The summed E-state index contributed by atoms with van der Waals surface area (Å²) >= 11 is 12.5. The average molecular weight is 680 g/mol. The number of hydrogen-bond acceptors (Lipinski definition) is 7. The lowest BCUT2D eigenvalue weighted by molar-refractivity contribution is -0.137. The van der Waals surface area contributed by atoms with Crippen LogP contribution in [0.15, 0.2) is 84.9 Å². The highest BCUT2D eigenvalue weighted by atomic mass is 35.5. The van der Waals surface area contributed by atoms with Crippen molar-refractivity contribution in [2.24, 2.45) is 0 Å². The molecule has 4 aromatic rings. The summed E-state index contributed by atoms with van der Waals surface area (Å²) in [7, 11) is 1.57. The monoisotopic (exact) mass is 678 g/mol. The van der Waals surface area contributed by atoms with E-state index in [1.165, 1.54) is 41.3 Å². The van der Waals surface area contributed by atoms with E-state index in [4.69, 9.17) is 37.4 Å². The van der Waals surface area contributed by atoms with Crippen LogP contribution in [0, 0.1) is 0 Å². The number of halogens is 2. The Bertz CT molecular complexity index is 1700. The van der Waals surface area contributed by atoms with E-state index in [1.54, 1.807) is 55.6 Å². The Morgan fingerprint density at radius 3 is 1.98 bits per heavy atom. The number of esters is 1. The zero-order chi connectivity index (χ0) is 33.9. The lowest BCUT2D eigenvalue weighted by atomic mass is 10.1. The molecule has 0 saturated carbocycles. The van der Waals surface area contributed by atoms with E-state index >= 15 is 0 Å². The predicted molar refractivity (Wildman–Crippen MR) is 178 cm³/mol. The van der Waals surface area contributed by atoms with Gasteiger partial charge in [0.15, 0.2) is 5.75 Å². The zero-order valence-corrected chi connectivity index (χ0v) is 27.1. The first-order chi connectivity index (χ1) is 22.6. The van der Waals surface area contributed by atoms with Gasteiger partial charge in [0.25, 0.3) is 5.91 Å². The quantitative estimate of drug-likeness (QED) is 0.109. The maximum atomic E-state index is 13.3. The fourth-order valence-electron chi connectivity index (χ4n) is 4.44. The van der Waals surface area contributed by atoms with E-state index in [9.17, 15) is 24.3 Å². The van der Waals surface area contributed by atoms with Gasteiger partial charge >= 0.3 is 11.9 Å². The van der Waals surface area contributed by atoms with Gasteiger partial charge in [0.1, 0.15) is 18.0 Å². The Kier molecular flexibility index (Phi) is 12.2. The highest BCUT2D eigenvalue weighted by molar-refractivity contribution is 6.37. The van der Waals surface area contributed by atoms with Crippen molar-refractivity contribution in [3.8, 4) is 17.2 Å². The molecule has 0 spiro atoms. The third-order valence-corrected chi connectivity index (χ3v) is 7.31. The van der Waals surface area contributed by atoms with Gasteiger partial charge in [-0.3, -0.25) is 14.4 Å². The number of nitrogens with one attached hydrogen (secondary N) is 1. The highest BCUT2D eigenvalue weighted by Gasteiger charge is 2.20. The zero-order valence-electron chi connectivity index (χ0n) is 25.6. The van der Waals surface area contributed by atoms with Crippen LogP contribution in [-0.4, -0.2) is 54.0 Å². The number of nitrogens with zero attached hydrogens (tertiary/aromatic N) is 1. The second-order valence-corrected chi connectivity index (χ2v) is 11.2. The van der Waals surface area contributed by atoms with Crippen molar-refractivity contribution in [1.82, 2.24) is 4.90 Å².